The van der Waals surface area contributed by atoms with Crippen LogP contribution in [0.2, 0.25) is 0 Å². The molecule has 2 aromatic carbocycles. The van der Waals surface area contributed by atoms with Crippen LogP contribution in [0.3, 0.4) is 0 Å². The summed E-state index contributed by atoms with van der Waals surface area (Å²) in [5, 5.41) is 13.6. The number of methoxy groups -OCH3 is 1. The van der Waals surface area contributed by atoms with Gasteiger partial charge in [0.2, 0.25) is 5.91 Å². The molecule has 2 amide bonds. The van der Waals surface area contributed by atoms with Gasteiger partial charge >= 0.3 is 0 Å². The van der Waals surface area contributed by atoms with Crippen molar-refractivity contribution in [1.82, 2.24) is 15.6 Å². The summed E-state index contributed by atoms with van der Waals surface area (Å²) >= 11 is 3.39. The lowest BCUT2D eigenvalue weighted by molar-refractivity contribution is -0.115. The third-order valence-electron chi connectivity index (χ3n) is 4.49. The molecule has 146 valence electrons. The van der Waals surface area contributed by atoms with Gasteiger partial charge in [0.15, 0.2) is 0 Å². The SMILES string of the molecule is COc1ccc(-c2cc(C(=O)N/N=C\[C@@H]3C(=O)Nc4ccc(Br)cc43)[nH]n2)cc1. The van der Waals surface area contributed by atoms with E-state index in [1.165, 1.54) is 6.21 Å². The predicted molar refractivity (Wildman–Crippen MR) is 112 cm³/mol. The number of amides is 2. The lowest BCUT2D eigenvalue weighted by Gasteiger charge is -2.03. The first-order valence-electron chi connectivity index (χ1n) is 8.69. The molecule has 1 aliphatic rings. The molecule has 0 radical (unpaired) electrons. The zero-order chi connectivity index (χ0) is 20.4. The molecule has 0 aliphatic carbocycles. The van der Waals surface area contributed by atoms with Crippen LogP contribution in [0.25, 0.3) is 11.3 Å². The van der Waals surface area contributed by atoms with E-state index < -0.39 is 11.8 Å². The number of carbonyl (C=O) groups is 2. The zero-order valence-corrected chi connectivity index (χ0v) is 16.9. The Morgan fingerprint density at radius 2 is 2.03 bits per heavy atom. The topological polar surface area (TPSA) is 108 Å². The summed E-state index contributed by atoms with van der Waals surface area (Å²) in [4.78, 5) is 24.5. The summed E-state index contributed by atoms with van der Waals surface area (Å²) in [7, 11) is 1.60. The highest BCUT2D eigenvalue weighted by Crippen LogP contribution is 2.33. The molecule has 9 heteroatoms. The molecule has 2 heterocycles. The fraction of sp³-hybridized carbons (Fsp3) is 0.100. The molecule has 0 saturated carbocycles. The number of hydrazone groups is 1. The van der Waals surface area contributed by atoms with Gasteiger partial charge in [0.05, 0.1) is 12.8 Å². The smallest absolute Gasteiger partial charge is 0.289 e. The fourth-order valence-corrected chi connectivity index (χ4v) is 3.36. The summed E-state index contributed by atoms with van der Waals surface area (Å²) in [6, 6.07) is 14.5. The molecule has 4 rings (SSSR count). The van der Waals surface area contributed by atoms with Crippen molar-refractivity contribution in [2.45, 2.75) is 5.92 Å². The first-order valence-corrected chi connectivity index (χ1v) is 9.48. The minimum atomic E-state index is -0.570. The van der Waals surface area contributed by atoms with Crippen molar-refractivity contribution in [3.8, 4) is 17.0 Å². The predicted octanol–water partition coefficient (Wildman–Crippen LogP) is 3.30. The third kappa shape index (κ3) is 3.90. The molecule has 0 saturated heterocycles. The van der Waals surface area contributed by atoms with Crippen LogP contribution < -0.4 is 15.5 Å². The highest BCUT2D eigenvalue weighted by atomic mass is 79.9. The van der Waals surface area contributed by atoms with E-state index in [2.05, 4.69) is 42.0 Å². The van der Waals surface area contributed by atoms with Gasteiger partial charge < -0.3 is 10.1 Å². The summed E-state index contributed by atoms with van der Waals surface area (Å²) in [5.74, 6) is -0.485. The Morgan fingerprint density at radius 1 is 1.24 bits per heavy atom. The van der Waals surface area contributed by atoms with Crippen molar-refractivity contribution < 1.29 is 14.3 Å². The van der Waals surface area contributed by atoms with E-state index in [9.17, 15) is 9.59 Å². The molecule has 0 fully saturated rings. The van der Waals surface area contributed by atoms with Crippen LogP contribution in [0.5, 0.6) is 5.75 Å². The van der Waals surface area contributed by atoms with Crippen LogP contribution in [0.1, 0.15) is 22.0 Å². The number of halogens is 1. The van der Waals surface area contributed by atoms with Crippen LogP contribution in [0, 0.1) is 0 Å². The molecule has 3 aromatic rings. The third-order valence-corrected chi connectivity index (χ3v) is 4.98. The van der Waals surface area contributed by atoms with Gasteiger partial charge in [-0.3, -0.25) is 14.7 Å². The maximum Gasteiger partial charge on any atom is 0.289 e. The quantitative estimate of drug-likeness (QED) is 0.406. The number of anilines is 1. The molecule has 0 bridgehead atoms. The normalized spacial score (nSPS) is 15.2. The zero-order valence-electron chi connectivity index (χ0n) is 15.3. The van der Waals surface area contributed by atoms with E-state index in [-0.39, 0.29) is 11.6 Å². The van der Waals surface area contributed by atoms with Crippen LogP contribution in [0.15, 0.2) is 58.1 Å². The number of fused-ring (bicyclic) bond motifs is 1. The van der Waals surface area contributed by atoms with Gasteiger partial charge in [-0.1, -0.05) is 15.9 Å². The maximum atomic E-state index is 12.3. The first kappa shape index (κ1) is 18.9. The number of benzene rings is 2. The van der Waals surface area contributed by atoms with E-state index in [0.29, 0.717) is 5.69 Å². The number of carbonyl (C=O) groups excluding carboxylic acids is 2. The van der Waals surface area contributed by atoms with Gasteiger partial charge in [0.25, 0.3) is 5.91 Å². The highest BCUT2D eigenvalue weighted by Gasteiger charge is 2.29. The monoisotopic (exact) mass is 453 g/mol. The molecule has 0 unspecified atom stereocenters. The van der Waals surface area contributed by atoms with Crippen molar-refractivity contribution in [2.75, 3.05) is 12.4 Å². The van der Waals surface area contributed by atoms with Crippen LogP contribution in [-0.2, 0) is 4.79 Å². The molecule has 1 aromatic heterocycles. The number of aromatic nitrogens is 2. The van der Waals surface area contributed by atoms with E-state index in [0.717, 1.165) is 27.0 Å². The molecular formula is C20H16BrN5O3. The Kier molecular flexibility index (Phi) is 5.13. The van der Waals surface area contributed by atoms with Gasteiger partial charge in [0, 0.05) is 21.9 Å². The van der Waals surface area contributed by atoms with Crippen molar-refractivity contribution in [3.63, 3.8) is 0 Å². The fourth-order valence-electron chi connectivity index (χ4n) is 2.98. The number of rotatable bonds is 5. The maximum absolute atomic E-state index is 12.3. The van der Waals surface area contributed by atoms with Crippen molar-refractivity contribution in [2.24, 2.45) is 5.10 Å². The number of H-pyrrole nitrogens is 1. The van der Waals surface area contributed by atoms with E-state index >= 15 is 0 Å². The van der Waals surface area contributed by atoms with Crippen molar-refractivity contribution >= 4 is 39.6 Å². The van der Waals surface area contributed by atoms with E-state index in [1.807, 2.05) is 42.5 Å². The average molecular weight is 454 g/mol. The number of nitrogens with one attached hydrogen (secondary N) is 3. The van der Waals surface area contributed by atoms with Crippen LogP contribution in [0.4, 0.5) is 5.69 Å². The van der Waals surface area contributed by atoms with Gasteiger partial charge in [-0.2, -0.15) is 10.2 Å². The Morgan fingerprint density at radius 3 is 2.79 bits per heavy atom. The molecule has 8 nitrogen and oxygen atoms in total. The second-order valence-electron chi connectivity index (χ2n) is 6.31. The Bertz CT molecular complexity index is 1110. The minimum Gasteiger partial charge on any atom is -0.497 e. The Hall–Kier alpha value is -3.46. The molecular weight excluding hydrogens is 438 g/mol. The summed E-state index contributed by atoms with van der Waals surface area (Å²) in [6.45, 7) is 0. The lowest BCUT2D eigenvalue weighted by atomic mass is 10.0. The molecule has 1 atom stereocenters. The number of hydrogen-bond donors (Lipinski definition) is 3. The summed E-state index contributed by atoms with van der Waals surface area (Å²) in [6.07, 6.45) is 1.41. The number of ether oxygens (including phenoxy) is 1. The standard InChI is InChI=1S/C20H16BrN5O3/c1-29-13-5-2-11(3-6-13)17-9-18(25-24-17)20(28)26-22-10-15-14-8-12(21)4-7-16(14)23-19(15)27/h2-10,15H,1H3,(H,23,27)(H,24,25)(H,26,28)/b22-10-/t15-/m0/s1. The second kappa shape index (κ2) is 7.88. The van der Waals surface area contributed by atoms with Crippen LogP contribution >= 0.6 is 15.9 Å². The van der Waals surface area contributed by atoms with E-state index in [1.54, 1.807) is 13.2 Å². The molecule has 1 aliphatic heterocycles. The molecule has 3 N–H and O–H groups in total. The van der Waals surface area contributed by atoms with Crippen molar-refractivity contribution in [3.05, 3.63) is 64.3 Å². The molecule has 0 spiro atoms. The number of hydrogen-bond acceptors (Lipinski definition) is 5. The number of aromatic amines is 1. The summed E-state index contributed by atoms with van der Waals surface area (Å²) in [5.41, 5.74) is 5.67. The largest absolute Gasteiger partial charge is 0.497 e. The van der Waals surface area contributed by atoms with Gasteiger partial charge in [-0.15, -0.1) is 0 Å². The number of nitrogens with zero attached hydrogens (tertiary/aromatic N) is 2. The Balaban J connectivity index is 1.43. The van der Waals surface area contributed by atoms with Crippen molar-refractivity contribution in [1.29, 1.82) is 0 Å². The highest BCUT2D eigenvalue weighted by molar-refractivity contribution is 9.10. The molecule has 29 heavy (non-hydrogen) atoms. The average Bonchev–Trinajstić information content (AvgIpc) is 3.33. The van der Waals surface area contributed by atoms with E-state index in [4.69, 9.17) is 4.74 Å². The second-order valence-corrected chi connectivity index (χ2v) is 7.23. The summed E-state index contributed by atoms with van der Waals surface area (Å²) < 4.78 is 5.99. The van der Waals surface area contributed by atoms with Gasteiger partial charge in [-0.25, -0.2) is 5.43 Å². The Labute approximate surface area is 174 Å². The van der Waals surface area contributed by atoms with Gasteiger partial charge in [-0.05, 0) is 54.1 Å². The van der Waals surface area contributed by atoms with Gasteiger partial charge in [0.1, 0.15) is 17.4 Å². The van der Waals surface area contributed by atoms with Crippen LogP contribution in [-0.4, -0.2) is 35.3 Å². The lowest BCUT2D eigenvalue weighted by Crippen LogP contribution is -2.20. The first-order chi connectivity index (χ1) is 14.0. The minimum absolute atomic E-state index is 0.195.